The first kappa shape index (κ1) is 18.6. The van der Waals surface area contributed by atoms with E-state index in [-0.39, 0.29) is 5.91 Å². The molecule has 1 fully saturated rings. The lowest BCUT2D eigenvalue weighted by Gasteiger charge is -2.34. The monoisotopic (exact) mass is 383 g/mol. The molecular weight excluding hydrogens is 354 g/mol. The smallest absolute Gasteiger partial charge is 0.255 e. The predicted octanol–water partition coefficient (Wildman–Crippen LogP) is 4.28. The van der Waals surface area contributed by atoms with E-state index in [1.165, 1.54) is 22.4 Å². The van der Waals surface area contributed by atoms with E-state index in [0.29, 0.717) is 6.04 Å². The number of piperidine rings is 1. The van der Waals surface area contributed by atoms with Gasteiger partial charge in [-0.3, -0.25) is 14.7 Å². The summed E-state index contributed by atoms with van der Waals surface area (Å²) in [7, 11) is 0. The first-order valence-corrected chi connectivity index (χ1v) is 11.1. The number of hydrogen-bond acceptors (Lipinski definition) is 4. The maximum atomic E-state index is 13.1. The Morgan fingerprint density at radius 2 is 2.19 bits per heavy atom. The van der Waals surface area contributed by atoms with Crippen LogP contribution in [0.5, 0.6) is 0 Å². The van der Waals surface area contributed by atoms with Gasteiger partial charge in [0, 0.05) is 48.7 Å². The van der Waals surface area contributed by atoms with Gasteiger partial charge in [0.2, 0.25) is 0 Å². The molecule has 2 aliphatic rings. The largest absolute Gasteiger partial charge is 0.336 e. The molecule has 4 rings (SSSR count). The number of thiophene rings is 1. The van der Waals surface area contributed by atoms with Gasteiger partial charge < -0.3 is 4.90 Å². The van der Waals surface area contributed by atoms with Crippen LogP contribution in [-0.2, 0) is 25.9 Å². The standard InChI is InChI=1S/C22H29N3OS/c1-3-17-7-8-18(23-12-17)13-24-11-9-19-20(15-27-21(19)14-24)22(26)25-10-5-4-6-16(25)2/h7-8,12,15-16H,3-6,9-11,13-14H2,1-2H3. The maximum Gasteiger partial charge on any atom is 0.255 e. The van der Waals surface area contributed by atoms with Crippen molar-refractivity contribution in [2.75, 3.05) is 13.1 Å². The molecule has 0 bridgehead atoms. The van der Waals surface area contributed by atoms with Gasteiger partial charge in [-0.05, 0) is 56.2 Å². The van der Waals surface area contributed by atoms with E-state index in [4.69, 9.17) is 0 Å². The summed E-state index contributed by atoms with van der Waals surface area (Å²) in [6, 6.07) is 4.70. The Labute approximate surface area is 166 Å². The number of likely N-dealkylation sites (tertiary alicyclic amines) is 1. The number of pyridine rings is 1. The average molecular weight is 384 g/mol. The van der Waals surface area contributed by atoms with Crippen molar-refractivity contribution >= 4 is 17.2 Å². The topological polar surface area (TPSA) is 36.4 Å². The molecular formula is C22H29N3OS. The first-order valence-electron chi connectivity index (χ1n) is 10.2. The summed E-state index contributed by atoms with van der Waals surface area (Å²) in [6.07, 6.45) is 7.51. The third kappa shape index (κ3) is 3.94. The number of fused-ring (bicyclic) bond motifs is 1. The van der Waals surface area contributed by atoms with Crippen LogP contribution in [0.1, 0.15) is 65.2 Å². The van der Waals surface area contributed by atoms with Crippen molar-refractivity contribution in [2.24, 2.45) is 0 Å². The van der Waals surface area contributed by atoms with Gasteiger partial charge in [0.05, 0.1) is 11.3 Å². The van der Waals surface area contributed by atoms with E-state index in [9.17, 15) is 4.79 Å². The number of aryl methyl sites for hydroxylation is 1. The zero-order chi connectivity index (χ0) is 18.8. The number of nitrogens with zero attached hydrogens (tertiary/aromatic N) is 3. The molecule has 4 nitrogen and oxygen atoms in total. The van der Waals surface area contributed by atoms with Gasteiger partial charge in [-0.25, -0.2) is 0 Å². The molecule has 0 aliphatic carbocycles. The Bertz CT molecular complexity index is 798. The van der Waals surface area contributed by atoms with Crippen molar-refractivity contribution < 1.29 is 4.79 Å². The van der Waals surface area contributed by atoms with Gasteiger partial charge >= 0.3 is 0 Å². The Balaban J connectivity index is 1.44. The van der Waals surface area contributed by atoms with Gasteiger partial charge in [0.15, 0.2) is 0 Å². The third-order valence-corrected chi connectivity index (χ3v) is 7.01. The van der Waals surface area contributed by atoms with E-state index in [1.54, 1.807) is 11.3 Å². The minimum absolute atomic E-state index is 0.255. The fourth-order valence-electron chi connectivity index (χ4n) is 4.24. The molecule has 2 aromatic heterocycles. The van der Waals surface area contributed by atoms with E-state index < -0.39 is 0 Å². The summed E-state index contributed by atoms with van der Waals surface area (Å²) in [6.45, 7) is 8.07. The summed E-state index contributed by atoms with van der Waals surface area (Å²) in [5, 5.41) is 2.10. The number of amides is 1. The van der Waals surface area contributed by atoms with Crippen LogP contribution in [-0.4, -0.2) is 39.8 Å². The molecule has 0 spiro atoms. The highest BCUT2D eigenvalue weighted by molar-refractivity contribution is 7.10. The normalized spacial score (nSPS) is 20.5. The van der Waals surface area contributed by atoms with E-state index >= 15 is 0 Å². The van der Waals surface area contributed by atoms with Gasteiger partial charge in [-0.2, -0.15) is 0 Å². The van der Waals surface area contributed by atoms with Gasteiger partial charge in [0.25, 0.3) is 5.91 Å². The molecule has 0 radical (unpaired) electrons. The highest BCUT2D eigenvalue weighted by atomic mass is 32.1. The quantitative estimate of drug-likeness (QED) is 0.791. The fraction of sp³-hybridized carbons (Fsp3) is 0.545. The maximum absolute atomic E-state index is 13.1. The molecule has 2 aromatic rings. The molecule has 1 saturated heterocycles. The summed E-state index contributed by atoms with van der Waals surface area (Å²) in [4.78, 5) is 23.6. The molecule has 0 saturated carbocycles. The van der Waals surface area contributed by atoms with Gasteiger partial charge in [-0.15, -0.1) is 11.3 Å². The Morgan fingerprint density at radius 3 is 2.93 bits per heavy atom. The van der Waals surface area contributed by atoms with Crippen molar-refractivity contribution in [1.29, 1.82) is 0 Å². The van der Waals surface area contributed by atoms with Crippen LogP contribution in [0.2, 0.25) is 0 Å². The second-order valence-electron chi connectivity index (χ2n) is 7.87. The summed E-state index contributed by atoms with van der Waals surface area (Å²) in [5.41, 5.74) is 4.68. The SMILES string of the molecule is CCc1ccc(CN2CCc3c(C(=O)N4CCCCC4C)csc3C2)nc1. The number of rotatable bonds is 4. The highest BCUT2D eigenvalue weighted by Gasteiger charge is 2.29. The van der Waals surface area contributed by atoms with Crippen LogP contribution in [0.3, 0.4) is 0 Å². The molecule has 0 N–H and O–H groups in total. The van der Waals surface area contributed by atoms with Gasteiger partial charge in [0.1, 0.15) is 0 Å². The molecule has 144 valence electrons. The Hall–Kier alpha value is -1.72. The van der Waals surface area contributed by atoms with E-state index in [2.05, 4.69) is 46.1 Å². The number of carbonyl (C=O) groups is 1. The molecule has 1 atom stereocenters. The van der Waals surface area contributed by atoms with E-state index in [0.717, 1.165) is 63.1 Å². The van der Waals surface area contributed by atoms with Crippen LogP contribution in [0.15, 0.2) is 23.7 Å². The minimum Gasteiger partial charge on any atom is -0.336 e. The molecule has 1 unspecified atom stereocenters. The Kier molecular flexibility index (Phi) is 5.60. The van der Waals surface area contributed by atoms with Crippen LogP contribution in [0.4, 0.5) is 0 Å². The highest BCUT2D eigenvalue weighted by Crippen LogP contribution is 2.31. The minimum atomic E-state index is 0.255. The molecule has 5 heteroatoms. The molecule has 27 heavy (non-hydrogen) atoms. The van der Waals surface area contributed by atoms with Crippen molar-refractivity contribution in [3.63, 3.8) is 0 Å². The van der Waals surface area contributed by atoms with Crippen molar-refractivity contribution in [2.45, 2.75) is 65.1 Å². The van der Waals surface area contributed by atoms with Crippen LogP contribution in [0, 0.1) is 0 Å². The molecule has 0 aromatic carbocycles. The molecule has 2 aliphatic heterocycles. The second kappa shape index (κ2) is 8.11. The van der Waals surface area contributed by atoms with Crippen LogP contribution < -0.4 is 0 Å². The lowest BCUT2D eigenvalue weighted by atomic mass is 9.99. The predicted molar refractivity (Wildman–Crippen MR) is 110 cm³/mol. The summed E-state index contributed by atoms with van der Waals surface area (Å²) >= 11 is 1.76. The number of hydrogen-bond donors (Lipinski definition) is 0. The number of aromatic nitrogens is 1. The molecule has 4 heterocycles. The fourth-order valence-corrected chi connectivity index (χ4v) is 5.35. The lowest BCUT2D eigenvalue weighted by molar-refractivity contribution is 0.0634. The van der Waals surface area contributed by atoms with Crippen molar-refractivity contribution in [1.82, 2.24) is 14.8 Å². The van der Waals surface area contributed by atoms with Crippen LogP contribution >= 0.6 is 11.3 Å². The zero-order valence-corrected chi connectivity index (χ0v) is 17.2. The summed E-state index contributed by atoms with van der Waals surface area (Å²) in [5.74, 6) is 0.255. The van der Waals surface area contributed by atoms with E-state index in [1.807, 2.05) is 6.20 Å². The zero-order valence-electron chi connectivity index (χ0n) is 16.4. The molecule has 1 amide bonds. The van der Waals surface area contributed by atoms with Crippen LogP contribution in [0.25, 0.3) is 0 Å². The summed E-state index contributed by atoms with van der Waals surface area (Å²) < 4.78 is 0. The lowest BCUT2D eigenvalue weighted by Crippen LogP contribution is -2.42. The van der Waals surface area contributed by atoms with Crippen molar-refractivity contribution in [3.8, 4) is 0 Å². The average Bonchev–Trinajstić information content (AvgIpc) is 3.12. The third-order valence-electron chi connectivity index (χ3n) is 6.00. The van der Waals surface area contributed by atoms with Crippen molar-refractivity contribution in [3.05, 3.63) is 51.0 Å². The first-order chi connectivity index (χ1) is 13.2. The second-order valence-corrected chi connectivity index (χ2v) is 8.83. The number of carbonyl (C=O) groups excluding carboxylic acids is 1. The Morgan fingerprint density at radius 1 is 1.30 bits per heavy atom. The van der Waals surface area contributed by atoms with Gasteiger partial charge in [-0.1, -0.05) is 13.0 Å².